The number of nitrogens with one attached hydrogen (secondary N) is 1. The molecule has 0 aliphatic rings. The predicted octanol–water partition coefficient (Wildman–Crippen LogP) is 2.87. The summed E-state index contributed by atoms with van der Waals surface area (Å²) < 4.78 is 37.7. The van der Waals surface area contributed by atoms with Crippen molar-refractivity contribution in [3.05, 3.63) is 29.6 Å². The Labute approximate surface area is 76.3 Å². The van der Waals surface area contributed by atoms with Crippen LogP contribution in [0.15, 0.2) is 12.1 Å². The average Bonchev–Trinajstić information content (AvgIpc) is 1.98. The highest BCUT2D eigenvalue weighted by molar-refractivity contribution is 6.65. The van der Waals surface area contributed by atoms with Crippen molar-refractivity contribution in [2.45, 2.75) is 0 Å². The van der Waals surface area contributed by atoms with Gasteiger partial charge in [0.15, 0.2) is 11.6 Å². The summed E-state index contributed by atoms with van der Waals surface area (Å²) in [4.78, 5) is 10.2. The van der Waals surface area contributed by atoms with Gasteiger partial charge in [0.05, 0.1) is 5.69 Å². The lowest BCUT2D eigenvalue weighted by molar-refractivity contribution is 0.269. The summed E-state index contributed by atoms with van der Waals surface area (Å²) in [5, 5.41) is 0.605. The van der Waals surface area contributed by atoms with Gasteiger partial charge in [-0.3, -0.25) is 4.79 Å². The van der Waals surface area contributed by atoms with Crippen LogP contribution in [0.2, 0.25) is 0 Å². The maximum atomic E-state index is 12.7. The average molecular weight is 210 g/mol. The van der Waals surface area contributed by atoms with E-state index in [1.807, 2.05) is 0 Å². The molecule has 1 amide bonds. The number of benzene rings is 1. The monoisotopic (exact) mass is 209 g/mol. The zero-order chi connectivity index (χ0) is 10.0. The molecule has 0 fully saturated rings. The molecular weight excluding hydrogens is 207 g/mol. The van der Waals surface area contributed by atoms with E-state index in [9.17, 15) is 18.0 Å². The first-order valence-electron chi connectivity index (χ1n) is 3.11. The molecule has 70 valence electrons. The minimum absolute atomic E-state index is 0.360. The van der Waals surface area contributed by atoms with E-state index < -0.39 is 28.5 Å². The summed E-state index contributed by atoms with van der Waals surface area (Å²) in [5.41, 5.74) is -0.627. The first-order valence-corrected chi connectivity index (χ1v) is 3.49. The molecule has 0 aliphatic carbocycles. The lowest BCUT2D eigenvalue weighted by Gasteiger charge is -2.02. The topological polar surface area (TPSA) is 29.1 Å². The van der Waals surface area contributed by atoms with Crippen LogP contribution in [0, 0.1) is 17.5 Å². The van der Waals surface area contributed by atoms with E-state index in [4.69, 9.17) is 11.6 Å². The molecule has 0 aliphatic heterocycles. The predicted molar refractivity (Wildman–Crippen MR) is 41.2 cm³/mol. The lowest BCUT2D eigenvalue weighted by atomic mass is 10.3. The molecular formula is C7H3ClF3NO. The third-order valence-electron chi connectivity index (χ3n) is 1.23. The van der Waals surface area contributed by atoms with E-state index in [0.29, 0.717) is 12.1 Å². The lowest BCUT2D eigenvalue weighted by Crippen LogP contribution is -2.05. The van der Waals surface area contributed by atoms with Gasteiger partial charge in [-0.05, 0) is 11.6 Å². The summed E-state index contributed by atoms with van der Waals surface area (Å²) in [6.07, 6.45) is 0. The molecule has 6 heteroatoms. The maximum absolute atomic E-state index is 12.7. The van der Waals surface area contributed by atoms with Crippen molar-refractivity contribution in [3.63, 3.8) is 0 Å². The standard InChI is InChI=1S/C7H3ClF3NO/c8-7(13)12-5-2-3(9)1-4(10)6(5)11/h1-2H,(H,12,13). The van der Waals surface area contributed by atoms with Crippen molar-refractivity contribution in [1.29, 1.82) is 0 Å². The van der Waals surface area contributed by atoms with Gasteiger partial charge in [0.25, 0.3) is 0 Å². The molecule has 0 radical (unpaired) electrons. The van der Waals surface area contributed by atoms with Gasteiger partial charge in [0.2, 0.25) is 0 Å². The zero-order valence-corrected chi connectivity index (χ0v) is 6.83. The highest BCUT2D eigenvalue weighted by Gasteiger charge is 2.11. The van der Waals surface area contributed by atoms with Gasteiger partial charge < -0.3 is 5.32 Å². The van der Waals surface area contributed by atoms with Crippen LogP contribution in [0.25, 0.3) is 0 Å². The van der Waals surface area contributed by atoms with Crippen molar-refractivity contribution in [3.8, 4) is 0 Å². The molecule has 0 saturated heterocycles. The van der Waals surface area contributed by atoms with Gasteiger partial charge in [-0.15, -0.1) is 0 Å². The van der Waals surface area contributed by atoms with Crippen LogP contribution < -0.4 is 5.32 Å². The molecule has 0 heterocycles. The van der Waals surface area contributed by atoms with Crippen molar-refractivity contribution >= 4 is 22.7 Å². The Kier molecular flexibility index (Phi) is 2.77. The molecule has 1 aromatic rings. The number of halogens is 4. The number of amides is 1. The Morgan fingerprint density at radius 2 is 1.92 bits per heavy atom. The number of rotatable bonds is 1. The number of carbonyl (C=O) groups excluding carboxylic acids is 1. The molecule has 0 saturated carbocycles. The smallest absolute Gasteiger partial charge is 0.310 e. The minimum Gasteiger partial charge on any atom is -0.310 e. The fourth-order valence-electron chi connectivity index (χ4n) is 0.753. The normalized spacial score (nSPS) is 9.85. The van der Waals surface area contributed by atoms with Crippen molar-refractivity contribution in [2.24, 2.45) is 0 Å². The first-order chi connectivity index (χ1) is 6.00. The molecule has 0 bridgehead atoms. The summed E-state index contributed by atoms with van der Waals surface area (Å²) in [6.45, 7) is 0. The molecule has 0 unspecified atom stereocenters. The molecule has 0 spiro atoms. The van der Waals surface area contributed by atoms with Gasteiger partial charge in [0, 0.05) is 12.1 Å². The van der Waals surface area contributed by atoms with E-state index in [1.165, 1.54) is 0 Å². The number of carbonyl (C=O) groups is 1. The van der Waals surface area contributed by atoms with Crippen molar-refractivity contribution in [2.75, 3.05) is 5.32 Å². The Balaban J connectivity index is 3.12. The van der Waals surface area contributed by atoms with Crippen LogP contribution in [-0.2, 0) is 0 Å². The van der Waals surface area contributed by atoms with Gasteiger partial charge >= 0.3 is 5.37 Å². The second-order valence-corrected chi connectivity index (χ2v) is 2.49. The van der Waals surface area contributed by atoms with Crippen molar-refractivity contribution in [1.82, 2.24) is 0 Å². The highest BCUT2D eigenvalue weighted by Crippen LogP contribution is 2.19. The largest absolute Gasteiger partial charge is 0.318 e. The molecule has 0 atom stereocenters. The third-order valence-corrected chi connectivity index (χ3v) is 1.32. The number of hydrogen-bond acceptors (Lipinski definition) is 1. The van der Waals surface area contributed by atoms with E-state index in [-0.39, 0.29) is 0 Å². The van der Waals surface area contributed by atoms with Crippen LogP contribution in [0.3, 0.4) is 0 Å². The van der Waals surface area contributed by atoms with E-state index in [0.717, 1.165) is 0 Å². The molecule has 2 nitrogen and oxygen atoms in total. The second-order valence-electron chi connectivity index (χ2n) is 2.15. The number of anilines is 1. The van der Waals surface area contributed by atoms with Crippen LogP contribution >= 0.6 is 11.6 Å². The maximum Gasteiger partial charge on any atom is 0.318 e. The third kappa shape index (κ3) is 2.35. The Hall–Kier alpha value is -1.23. The molecule has 1 aromatic carbocycles. The summed E-state index contributed by atoms with van der Waals surface area (Å²) in [5.74, 6) is -3.74. The van der Waals surface area contributed by atoms with Crippen LogP contribution in [-0.4, -0.2) is 5.37 Å². The first kappa shape index (κ1) is 9.85. The van der Waals surface area contributed by atoms with E-state index >= 15 is 0 Å². The quantitative estimate of drug-likeness (QED) is 0.430. The second kappa shape index (κ2) is 3.66. The molecule has 1 N–H and O–H groups in total. The van der Waals surface area contributed by atoms with Gasteiger partial charge in [-0.1, -0.05) is 0 Å². The minimum atomic E-state index is -1.39. The van der Waals surface area contributed by atoms with E-state index in [2.05, 4.69) is 0 Å². The van der Waals surface area contributed by atoms with Crippen molar-refractivity contribution < 1.29 is 18.0 Å². The van der Waals surface area contributed by atoms with Crippen LogP contribution in [0.5, 0.6) is 0 Å². The van der Waals surface area contributed by atoms with E-state index in [1.54, 1.807) is 5.32 Å². The SMILES string of the molecule is O=C(Cl)Nc1cc(F)cc(F)c1F. The summed E-state index contributed by atoms with van der Waals surface area (Å²) in [6, 6.07) is 0.984. The molecule has 1 rings (SSSR count). The Bertz CT molecular complexity index is 356. The molecule has 13 heavy (non-hydrogen) atoms. The Morgan fingerprint density at radius 3 is 2.46 bits per heavy atom. The highest BCUT2D eigenvalue weighted by atomic mass is 35.5. The van der Waals surface area contributed by atoms with Gasteiger partial charge in [-0.2, -0.15) is 0 Å². The zero-order valence-electron chi connectivity index (χ0n) is 6.07. The van der Waals surface area contributed by atoms with Gasteiger partial charge in [0.1, 0.15) is 5.82 Å². The van der Waals surface area contributed by atoms with Crippen LogP contribution in [0.4, 0.5) is 23.7 Å². The summed E-state index contributed by atoms with van der Waals surface area (Å²) in [7, 11) is 0. The Morgan fingerprint density at radius 1 is 1.31 bits per heavy atom. The summed E-state index contributed by atoms with van der Waals surface area (Å²) >= 11 is 4.83. The molecule has 0 aromatic heterocycles. The fraction of sp³-hybridized carbons (Fsp3) is 0. The number of hydrogen-bond donors (Lipinski definition) is 1. The fourth-order valence-corrected chi connectivity index (χ4v) is 0.855. The van der Waals surface area contributed by atoms with Crippen LogP contribution in [0.1, 0.15) is 0 Å². The van der Waals surface area contributed by atoms with Gasteiger partial charge in [-0.25, -0.2) is 13.2 Å².